The SMILES string of the molecule is Cc1ccc(S(=O)(=O)Oc2c(Br)cc(/C=N\NC(=O)c3cccc([N+](=O)[O-])c3)cc2Br)cc1. The first-order valence-corrected chi connectivity index (χ1v) is 12.1. The lowest BCUT2D eigenvalue weighted by Crippen LogP contribution is -2.17. The number of non-ortho nitro benzene ring substituents is 1. The second kappa shape index (κ2) is 10.2. The maximum atomic E-state index is 12.6. The summed E-state index contributed by atoms with van der Waals surface area (Å²) < 4.78 is 31.1. The van der Waals surface area contributed by atoms with Gasteiger partial charge in [0.2, 0.25) is 0 Å². The average Bonchev–Trinajstić information content (AvgIpc) is 2.76. The second-order valence-electron chi connectivity index (χ2n) is 6.67. The number of nitro benzene ring substituents is 1. The van der Waals surface area contributed by atoms with Crippen molar-refractivity contribution in [3.05, 3.63) is 96.4 Å². The van der Waals surface area contributed by atoms with Crippen LogP contribution in [0.1, 0.15) is 21.5 Å². The van der Waals surface area contributed by atoms with Gasteiger partial charge in [0.25, 0.3) is 11.6 Å². The number of nitro groups is 1. The number of rotatable bonds is 7. The van der Waals surface area contributed by atoms with Crippen molar-refractivity contribution in [2.75, 3.05) is 0 Å². The lowest BCUT2D eigenvalue weighted by molar-refractivity contribution is -0.384. The van der Waals surface area contributed by atoms with Gasteiger partial charge in [0.15, 0.2) is 5.75 Å². The van der Waals surface area contributed by atoms with Crippen molar-refractivity contribution >= 4 is 59.8 Å². The number of hydrogen-bond acceptors (Lipinski definition) is 7. The molecule has 1 N–H and O–H groups in total. The summed E-state index contributed by atoms with van der Waals surface area (Å²) in [6, 6.07) is 14.6. The summed E-state index contributed by atoms with van der Waals surface area (Å²) in [5.74, 6) is -0.578. The fraction of sp³-hybridized carbons (Fsp3) is 0.0476. The van der Waals surface area contributed by atoms with E-state index in [1.54, 1.807) is 24.3 Å². The fourth-order valence-electron chi connectivity index (χ4n) is 2.59. The molecule has 0 saturated carbocycles. The third-order valence-electron chi connectivity index (χ3n) is 4.22. The number of halogens is 2. The molecular formula is C21H15Br2N3O6S. The van der Waals surface area contributed by atoms with Crippen molar-refractivity contribution in [3.63, 3.8) is 0 Å². The van der Waals surface area contributed by atoms with Gasteiger partial charge in [-0.25, -0.2) is 5.43 Å². The normalized spacial score (nSPS) is 11.4. The summed E-state index contributed by atoms with van der Waals surface area (Å²) in [6.07, 6.45) is 1.32. The van der Waals surface area contributed by atoms with Crippen molar-refractivity contribution in [2.24, 2.45) is 5.10 Å². The van der Waals surface area contributed by atoms with Crippen molar-refractivity contribution in [1.82, 2.24) is 5.43 Å². The van der Waals surface area contributed by atoms with Crippen LogP contribution in [0.3, 0.4) is 0 Å². The van der Waals surface area contributed by atoms with E-state index in [9.17, 15) is 23.3 Å². The van der Waals surface area contributed by atoms with Crippen LogP contribution in [-0.2, 0) is 10.1 Å². The number of aryl methyl sites for hydroxylation is 1. The molecule has 0 atom stereocenters. The van der Waals surface area contributed by atoms with Crippen LogP contribution in [0.15, 0.2) is 79.6 Å². The van der Waals surface area contributed by atoms with Crippen LogP contribution in [0.2, 0.25) is 0 Å². The van der Waals surface area contributed by atoms with Crippen LogP contribution in [0.25, 0.3) is 0 Å². The predicted molar refractivity (Wildman–Crippen MR) is 129 cm³/mol. The Balaban J connectivity index is 1.74. The third-order valence-corrected chi connectivity index (χ3v) is 6.64. The van der Waals surface area contributed by atoms with E-state index in [4.69, 9.17) is 4.18 Å². The van der Waals surface area contributed by atoms with E-state index in [0.29, 0.717) is 14.5 Å². The van der Waals surface area contributed by atoms with Gasteiger partial charge in [-0.2, -0.15) is 13.5 Å². The number of amides is 1. The fourth-order valence-corrected chi connectivity index (χ4v) is 5.15. The number of carbonyl (C=O) groups excluding carboxylic acids is 1. The molecule has 0 fully saturated rings. The second-order valence-corrected chi connectivity index (χ2v) is 9.93. The molecule has 170 valence electrons. The van der Waals surface area contributed by atoms with Gasteiger partial charge in [-0.05, 0) is 74.7 Å². The zero-order chi connectivity index (χ0) is 24.2. The van der Waals surface area contributed by atoms with Gasteiger partial charge in [0.1, 0.15) is 4.90 Å². The zero-order valence-electron chi connectivity index (χ0n) is 16.9. The quantitative estimate of drug-likeness (QED) is 0.178. The van der Waals surface area contributed by atoms with E-state index in [1.165, 1.54) is 36.5 Å². The molecule has 3 aromatic rings. The molecule has 1 amide bonds. The molecule has 12 heteroatoms. The van der Waals surface area contributed by atoms with Crippen molar-refractivity contribution in [3.8, 4) is 5.75 Å². The molecule has 9 nitrogen and oxygen atoms in total. The summed E-state index contributed by atoms with van der Waals surface area (Å²) in [5, 5.41) is 14.7. The van der Waals surface area contributed by atoms with Gasteiger partial charge in [-0.15, -0.1) is 0 Å². The Morgan fingerprint density at radius 3 is 2.33 bits per heavy atom. The zero-order valence-corrected chi connectivity index (χ0v) is 20.8. The Morgan fingerprint density at radius 2 is 1.73 bits per heavy atom. The minimum atomic E-state index is -4.06. The van der Waals surface area contributed by atoms with Crippen LogP contribution in [0.4, 0.5) is 5.69 Å². The molecule has 0 heterocycles. The monoisotopic (exact) mass is 595 g/mol. The first-order chi connectivity index (χ1) is 15.6. The van der Waals surface area contributed by atoms with Gasteiger partial charge in [-0.1, -0.05) is 23.8 Å². The molecule has 0 aliphatic heterocycles. The van der Waals surface area contributed by atoms with Crippen molar-refractivity contribution in [1.29, 1.82) is 0 Å². The maximum absolute atomic E-state index is 12.6. The minimum Gasteiger partial charge on any atom is -0.377 e. The lowest BCUT2D eigenvalue weighted by Gasteiger charge is -2.11. The summed E-state index contributed by atoms with van der Waals surface area (Å²) >= 11 is 6.56. The van der Waals surface area contributed by atoms with E-state index in [2.05, 4.69) is 42.4 Å². The van der Waals surface area contributed by atoms with Gasteiger partial charge < -0.3 is 4.18 Å². The molecule has 0 spiro atoms. The Morgan fingerprint density at radius 1 is 1.09 bits per heavy atom. The first kappa shape index (κ1) is 24.6. The maximum Gasteiger partial charge on any atom is 0.339 e. The Kier molecular flexibility index (Phi) is 7.61. The molecule has 0 radical (unpaired) electrons. The number of nitrogens with one attached hydrogen (secondary N) is 1. The smallest absolute Gasteiger partial charge is 0.339 e. The Labute approximate surface area is 206 Å². The Bertz CT molecular complexity index is 1340. The predicted octanol–water partition coefficient (Wildman–Crippen LogP) is 4.96. The highest BCUT2D eigenvalue weighted by Crippen LogP contribution is 2.36. The van der Waals surface area contributed by atoms with Crippen molar-refractivity contribution in [2.45, 2.75) is 11.8 Å². The molecule has 33 heavy (non-hydrogen) atoms. The summed E-state index contributed by atoms with van der Waals surface area (Å²) in [4.78, 5) is 22.4. The largest absolute Gasteiger partial charge is 0.377 e. The molecule has 0 aromatic heterocycles. The minimum absolute atomic E-state index is 0.0152. The first-order valence-electron chi connectivity index (χ1n) is 9.15. The van der Waals surface area contributed by atoms with Gasteiger partial charge in [-0.3, -0.25) is 14.9 Å². The highest BCUT2D eigenvalue weighted by atomic mass is 79.9. The third kappa shape index (κ3) is 6.24. The van der Waals surface area contributed by atoms with Crippen LogP contribution in [0, 0.1) is 17.0 Å². The van der Waals surface area contributed by atoms with E-state index >= 15 is 0 Å². The van der Waals surface area contributed by atoms with Crippen LogP contribution in [-0.4, -0.2) is 25.5 Å². The standard InChI is InChI=1S/C21H15Br2N3O6S/c1-13-5-7-17(8-6-13)33(30,31)32-20-18(22)9-14(10-19(20)23)12-24-25-21(27)15-3-2-4-16(11-15)26(28)29/h2-12H,1H3,(H,25,27)/b24-12-. The molecule has 0 aliphatic rings. The van der Waals surface area contributed by atoms with Crippen LogP contribution in [0.5, 0.6) is 5.75 Å². The summed E-state index contributed by atoms with van der Waals surface area (Å²) in [6.45, 7) is 1.84. The van der Waals surface area contributed by atoms with Crippen molar-refractivity contribution < 1.29 is 22.3 Å². The number of nitrogens with zero attached hydrogens (tertiary/aromatic N) is 2. The number of hydrazone groups is 1. The van der Waals surface area contributed by atoms with Gasteiger partial charge in [0.05, 0.1) is 20.1 Å². The van der Waals surface area contributed by atoms with E-state index in [0.717, 1.165) is 11.6 Å². The highest BCUT2D eigenvalue weighted by molar-refractivity contribution is 9.11. The molecule has 3 rings (SSSR count). The number of hydrogen-bond donors (Lipinski definition) is 1. The van der Waals surface area contributed by atoms with Gasteiger partial charge >= 0.3 is 10.1 Å². The molecular weight excluding hydrogens is 582 g/mol. The Hall–Kier alpha value is -3.09. The van der Waals surface area contributed by atoms with Crippen LogP contribution >= 0.6 is 31.9 Å². The van der Waals surface area contributed by atoms with E-state index < -0.39 is 20.9 Å². The molecule has 0 saturated heterocycles. The molecule has 0 aliphatic carbocycles. The number of benzene rings is 3. The molecule has 3 aromatic carbocycles. The average molecular weight is 597 g/mol. The molecule has 0 unspecified atom stereocenters. The summed E-state index contributed by atoms with van der Waals surface area (Å²) in [5.41, 5.74) is 3.57. The van der Waals surface area contributed by atoms with E-state index in [1.807, 2.05) is 6.92 Å². The topological polar surface area (TPSA) is 128 Å². The molecule has 0 bridgehead atoms. The van der Waals surface area contributed by atoms with E-state index in [-0.39, 0.29) is 21.9 Å². The lowest BCUT2D eigenvalue weighted by atomic mass is 10.2. The summed E-state index contributed by atoms with van der Waals surface area (Å²) in [7, 11) is -4.06. The number of carbonyl (C=O) groups is 1. The van der Waals surface area contributed by atoms with Crippen LogP contribution < -0.4 is 9.61 Å². The highest BCUT2D eigenvalue weighted by Gasteiger charge is 2.20. The van der Waals surface area contributed by atoms with Gasteiger partial charge in [0, 0.05) is 17.7 Å².